The summed E-state index contributed by atoms with van der Waals surface area (Å²) in [6.45, 7) is 3.29. The highest BCUT2D eigenvalue weighted by Gasteiger charge is 2.53. The maximum Gasteiger partial charge on any atom is 0.227 e. The Balaban J connectivity index is 1.76. The number of hydrogen-bond donors (Lipinski definition) is 1. The Kier molecular flexibility index (Phi) is 2.81. The first-order chi connectivity index (χ1) is 8.63. The van der Waals surface area contributed by atoms with E-state index < -0.39 is 0 Å². The van der Waals surface area contributed by atoms with Crippen LogP contribution in [0.5, 0.6) is 0 Å². The topological polar surface area (TPSA) is 58.6 Å². The van der Waals surface area contributed by atoms with E-state index in [2.05, 4.69) is 12.2 Å². The van der Waals surface area contributed by atoms with Crippen LogP contribution < -0.4 is 5.32 Å². The van der Waals surface area contributed by atoms with E-state index in [0.717, 1.165) is 12.8 Å². The Hall–Kier alpha value is -1.10. The lowest BCUT2D eigenvalue weighted by Gasteiger charge is -2.22. The molecule has 0 aromatic carbocycles. The van der Waals surface area contributed by atoms with E-state index in [0.29, 0.717) is 19.1 Å². The molecule has 0 radical (unpaired) electrons. The summed E-state index contributed by atoms with van der Waals surface area (Å²) in [4.78, 5) is 26.1. The maximum absolute atomic E-state index is 12.4. The van der Waals surface area contributed by atoms with Gasteiger partial charge in [0.15, 0.2) is 0 Å². The molecule has 3 fully saturated rings. The van der Waals surface area contributed by atoms with Gasteiger partial charge in [0.1, 0.15) is 0 Å². The normalized spacial score (nSPS) is 41.7. The summed E-state index contributed by atoms with van der Waals surface area (Å²) in [6.07, 6.45) is 1.77. The quantitative estimate of drug-likeness (QED) is 0.753. The number of hydrogen-bond acceptors (Lipinski definition) is 3. The van der Waals surface area contributed by atoms with Crippen LogP contribution in [0.1, 0.15) is 19.8 Å². The first kappa shape index (κ1) is 12.0. The lowest BCUT2D eigenvalue weighted by atomic mass is 10.0. The first-order valence-corrected chi connectivity index (χ1v) is 6.77. The second-order valence-corrected chi connectivity index (χ2v) is 5.72. The minimum atomic E-state index is -0.194. The van der Waals surface area contributed by atoms with Crippen molar-refractivity contribution in [1.82, 2.24) is 10.2 Å². The van der Waals surface area contributed by atoms with Crippen molar-refractivity contribution in [2.24, 2.45) is 17.8 Å². The van der Waals surface area contributed by atoms with Gasteiger partial charge in [-0.05, 0) is 18.8 Å². The molecule has 5 nitrogen and oxygen atoms in total. The SMILES string of the molecule is CNC(=O)[C@H]1CN(C(=O)C2CC2C)[C@@H]2CCO[C@H]12. The summed E-state index contributed by atoms with van der Waals surface area (Å²) in [7, 11) is 1.64. The zero-order valence-electron chi connectivity index (χ0n) is 10.9. The molecule has 2 heterocycles. The summed E-state index contributed by atoms with van der Waals surface area (Å²) >= 11 is 0. The fraction of sp³-hybridized carbons (Fsp3) is 0.846. The standard InChI is InChI=1S/C13H20N2O3/c1-7-5-8(7)13(17)15-6-9(12(16)14-2)11-10(15)3-4-18-11/h7-11H,3-6H2,1-2H3,(H,14,16)/t7?,8?,9-,10+,11+/m0/s1. The molecule has 3 aliphatic rings. The predicted molar refractivity (Wildman–Crippen MR) is 64.7 cm³/mol. The zero-order chi connectivity index (χ0) is 12.9. The van der Waals surface area contributed by atoms with Crippen LogP contribution in [0, 0.1) is 17.8 Å². The molecule has 0 bridgehead atoms. The number of ether oxygens (including phenoxy) is 1. The molecule has 0 spiro atoms. The molecular weight excluding hydrogens is 232 g/mol. The fourth-order valence-corrected chi connectivity index (χ4v) is 3.32. The molecule has 2 saturated heterocycles. The smallest absolute Gasteiger partial charge is 0.227 e. The monoisotopic (exact) mass is 252 g/mol. The van der Waals surface area contributed by atoms with Gasteiger partial charge in [-0.2, -0.15) is 0 Å². The second-order valence-electron chi connectivity index (χ2n) is 5.72. The fourth-order valence-electron chi connectivity index (χ4n) is 3.32. The van der Waals surface area contributed by atoms with E-state index in [-0.39, 0.29) is 35.8 Å². The van der Waals surface area contributed by atoms with E-state index in [1.165, 1.54) is 0 Å². The lowest BCUT2D eigenvalue weighted by Crippen LogP contribution is -2.38. The average molecular weight is 252 g/mol. The molecule has 3 rings (SSSR count). The number of nitrogens with zero attached hydrogens (tertiary/aromatic N) is 1. The number of carbonyl (C=O) groups is 2. The number of nitrogens with one attached hydrogen (secondary N) is 1. The molecular formula is C13H20N2O3. The van der Waals surface area contributed by atoms with Gasteiger partial charge in [0, 0.05) is 26.1 Å². The van der Waals surface area contributed by atoms with Crippen LogP contribution >= 0.6 is 0 Å². The maximum atomic E-state index is 12.4. The lowest BCUT2D eigenvalue weighted by molar-refractivity contribution is -0.134. The van der Waals surface area contributed by atoms with Gasteiger partial charge in [-0.15, -0.1) is 0 Å². The molecule has 100 valence electrons. The van der Waals surface area contributed by atoms with E-state index in [9.17, 15) is 9.59 Å². The second kappa shape index (κ2) is 4.23. The molecule has 0 aromatic heterocycles. The Labute approximate surface area is 107 Å². The molecule has 2 amide bonds. The molecule has 5 heteroatoms. The first-order valence-electron chi connectivity index (χ1n) is 6.77. The molecule has 5 atom stereocenters. The largest absolute Gasteiger partial charge is 0.375 e. The van der Waals surface area contributed by atoms with E-state index >= 15 is 0 Å². The zero-order valence-corrected chi connectivity index (χ0v) is 10.9. The summed E-state index contributed by atoms with van der Waals surface area (Å²) in [5.41, 5.74) is 0. The predicted octanol–water partition coefficient (Wildman–Crippen LogP) is 0.00430. The minimum Gasteiger partial charge on any atom is -0.375 e. The van der Waals surface area contributed by atoms with Crippen LogP contribution in [0.4, 0.5) is 0 Å². The number of amides is 2. The van der Waals surface area contributed by atoms with Crippen molar-refractivity contribution in [2.75, 3.05) is 20.2 Å². The van der Waals surface area contributed by atoms with Crippen LogP contribution in [0.3, 0.4) is 0 Å². The molecule has 1 aliphatic carbocycles. The number of carbonyl (C=O) groups excluding carboxylic acids is 2. The van der Waals surface area contributed by atoms with Crippen molar-refractivity contribution in [3.8, 4) is 0 Å². The van der Waals surface area contributed by atoms with Crippen LogP contribution in [0.25, 0.3) is 0 Å². The Morgan fingerprint density at radius 3 is 2.67 bits per heavy atom. The van der Waals surface area contributed by atoms with Gasteiger partial charge >= 0.3 is 0 Å². The van der Waals surface area contributed by atoms with Gasteiger partial charge in [0.25, 0.3) is 0 Å². The van der Waals surface area contributed by atoms with Gasteiger partial charge in [-0.1, -0.05) is 6.92 Å². The minimum absolute atomic E-state index is 0.00829. The molecule has 0 aromatic rings. The molecule has 1 saturated carbocycles. The summed E-state index contributed by atoms with van der Waals surface area (Å²) < 4.78 is 5.67. The highest BCUT2D eigenvalue weighted by Crippen LogP contribution is 2.42. The van der Waals surface area contributed by atoms with Crippen molar-refractivity contribution >= 4 is 11.8 Å². The van der Waals surface area contributed by atoms with Gasteiger partial charge in [-0.25, -0.2) is 0 Å². The van der Waals surface area contributed by atoms with Gasteiger partial charge in [0.05, 0.1) is 18.1 Å². The van der Waals surface area contributed by atoms with Crippen LogP contribution in [-0.4, -0.2) is 49.1 Å². The Bertz CT molecular complexity index is 384. The van der Waals surface area contributed by atoms with Crippen LogP contribution in [0.2, 0.25) is 0 Å². The summed E-state index contributed by atoms with van der Waals surface area (Å²) in [6, 6.07) is 0.118. The Morgan fingerprint density at radius 1 is 1.33 bits per heavy atom. The van der Waals surface area contributed by atoms with E-state index in [1.54, 1.807) is 7.05 Å². The number of fused-ring (bicyclic) bond motifs is 1. The third kappa shape index (κ3) is 1.72. The van der Waals surface area contributed by atoms with Crippen LogP contribution in [-0.2, 0) is 14.3 Å². The summed E-state index contributed by atoms with van der Waals surface area (Å²) in [5.74, 6) is 0.730. The van der Waals surface area contributed by atoms with Crippen LogP contribution in [0.15, 0.2) is 0 Å². The third-order valence-electron chi connectivity index (χ3n) is 4.59. The molecule has 2 aliphatic heterocycles. The van der Waals surface area contributed by atoms with E-state index in [4.69, 9.17) is 4.74 Å². The third-order valence-corrected chi connectivity index (χ3v) is 4.59. The average Bonchev–Trinajstić information content (AvgIpc) is 2.80. The van der Waals surface area contributed by atoms with Gasteiger partial charge < -0.3 is 15.0 Å². The highest BCUT2D eigenvalue weighted by atomic mass is 16.5. The Morgan fingerprint density at radius 2 is 2.06 bits per heavy atom. The van der Waals surface area contributed by atoms with Crippen molar-refractivity contribution in [2.45, 2.75) is 31.9 Å². The molecule has 2 unspecified atom stereocenters. The highest BCUT2D eigenvalue weighted by molar-refractivity contribution is 5.85. The van der Waals surface area contributed by atoms with Crippen molar-refractivity contribution in [3.63, 3.8) is 0 Å². The number of rotatable bonds is 2. The van der Waals surface area contributed by atoms with Crippen molar-refractivity contribution in [3.05, 3.63) is 0 Å². The van der Waals surface area contributed by atoms with Gasteiger partial charge in [-0.3, -0.25) is 9.59 Å². The molecule has 1 N–H and O–H groups in total. The summed E-state index contributed by atoms with van der Waals surface area (Å²) in [5, 5.41) is 2.68. The van der Waals surface area contributed by atoms with Crippen molar-refractivity contribution in [1.29, 1.82) is 0 Å². The number of likely N-dealkylation sites (tertiary alicyclic amines) is 1. The molecule has 18 heavy (non-hydrogen) atoms. The van der Waals surface area contributed by atoms with Crippen molar-refractivity contribution < 1.29 is 14.3 Å². The van der Waals surface area contributed by atoms with Gasteiger partial charge in [0.2, 0.25) is 11.8 Å². The van der Waals surface area contributed by atoms with E-state index in [1.807, 2.05) is 4.90 Å².